The van der Waals surface area contributed by atoms with Crippen LogP contribution in [0, 0.1) is 0 Å². The average Bonchev–Trinajstić information content (AvgIpc) is 3.41. The molecule has 0 saturated heterocycles. The lowest BCUT2D eigenvalue weighted by molar-refractivity contribution is 0.225. The zero-order valence-corrected chi connectivity index (χ0v) is 14.3. The van der Waals surface area contributed by atoms with Crippen molar-refractivity contribution in [2.75, 3.05) is 6.54 Å². The zero-order chi connectivity index (χ0) is 17.8. The van der Waals surface area contributed by atoms with Crippen LogP contribution in [-0.4, -0.2) is 26.8 Å². The maximum absolute atomic E-state index is 5.69. The van der Waals surface area contributed by atoms with Crippen molar-refractivity contribution >= 4 is 0 Å². The molecule has 0 bridgehead atoms. The van der Waals surface area contributed by atoms with Crippen LogP contribution < -0.4 is 0 Å². The highest BCUT2D eigenvalue weighted by Crippen LogP contribution is 2.22. The second-order valence-electron chi connectivity index (χ2n) is 5.85. The minimum atomic E-state index is 0.378. The van der Waals surface area contributed by atoms with E-state index in [2.05, 4.69) is 27.2 Å². The first-order chi connectivity index (χ1) is 12.8. The third-order valence-corrected chi connectivity index (χ3v) is 3.81. The van der Waals surface area contributed by atoms with Gasteiger partial charge in [0.1, 0.15) is 0 Å². The van der Waals surface area contributed by atoms with Gasteiger partial charge in [0, 0.05) is 12.6 Å². The Hall–Kier alpha value is -3.13. The van der Waals surface area contributed by atoms with Crippen molar-refractivity contribution in [3.05, 3.63) is 54.4 Å². The number of aromatic nitrogens is 3. The van der Waals surface area contributed by atoms with Crippen molar-refractivity contribution in [2.24, 2.45) is 0 Å². The molecule has 0 aliphatic heterocycles. The fourth-order valence-corrected chi connectivity index (χ4v) is 2.69. The molecule has 134 valence electrons. The molecule has 8 nitrogen and oxygen atoms in total. The van der Waals surface area contributed by atoms with Crippen molar-refractivity contribution < 1.29 is 17.8 Å². The van der Waals surface area contributed by atoms with Crippen molar-refractivity contribution in [3.63, 3.8) is 0 Å². The molecule has 26 heavy (non-hydrogen) atoms. The van der Waals surface area contributed by atoms with Gasteiger partial charge in [-0.25, -0.2) is 0 Å². The summed E-state index contributed by atoms with van der Waals surface area (Å²) in [5.41, 5.74) is 0.815. The van der Waals surface area contributed by atoms with Gasteiger partial charge in [0.15, 0.2) is 11.5 Å². The molecule has 4 aromatic heterocycles. The molecule has 0 aliphatic rings. The molecule has 0 amide bonds. The summed E-state index contributed by atoms with van der Waals surface area (Å²) in [6.07, 6.45) is 4.17. The first kappa shape index (κ1) is 16.3. The molecular weight excluding hydrogens is 336 g/mol. The molecule has 0 aliphatic carbocycles. The van der Waals surface area contributed by atoms with E-state index in [4.69, 9.17) is 17.8 Å². The quantitative estimate of drug-likeness (QED) is 0.469. The summed E-state index contributed by atoms with van der Waals surface area (Å²) in [6.45, 7) is 4.11. The molecule has 0 unspecified atom stereocenters. The van der Waals surface area contributed by atoms with Crippen molar-refractivity contribution in [2.45, 2.75) is 26.4 Å². The van der Waals surface area contributed by atoms with Gasteiger partial charge in [0.25, 0.3) is 5.89 Å². The molecule has 0 saturated carbocycles. The van der Waals surface area contributed by atoms with Gasteiger partial charge in [-0.15, -0.1) is 10.2 Å². The monoisotopic (exact) mass is 354 g/mol. The molecule has 8 heteroatoms. The third kappa shape index (κ3) is 3.60. The Kier molecular flexibility index (Phi) is 4.65. The smallest absolute Gasteiger partial charge is 0.283 e. The Morgan fingerprint density at radius 2 is 1.77 bits per heavy atom. The van der Waals surface area contributed by atoms with E-state index in [9.17, 15) is 0 Å². The topological polar surface area (TPSA) is 94.5 Å². The largest absolute Gasteiger partial charge is 0.461 e. The number of hydrogen-bond acceptors (Lipinski definition) is 8. The van der Waals surface area contributed by atoms with Crippen LogP contribution in [0.5, 0.6) is 0 Å². The van der Waals surface area contributed by atoms with Gasteiger partial charge >= 0.3 is 0 Å². The van der Waals surface area contributed by atoms with Crippen LogP contribution >= 0.6 is 0 Å². The molecule has 4 aromatic rings. The molecule has 0 atom stereocenters. The maximum Gasteiger partial charge on any atom is 0.283 e. The van der Waals surface area contributed by atoms with Gasteiger partial charge in [0.05, 0.1) is 24.8 Å². The molecule has 4 rings (SSSR count). The van der Waals surface area contributed by atoms with Crippen LogP contribution in [-0.2, 0) is 13.1 Å². The molecule has 0 aromatic carbocycles. The summed E-state index contributed by atoms with van der Waals surface area (Å²) in [6, 6.07) is 9.09. The van der Waals surface area contributed by atoms with E-state index in [0.29, 0.717) is 42.2 Å². The summed E-state index contributed by atoms with van der Waals surface area (Å²) >= 11 is 0. The Bertz CT molecular complexity index is 850. The van der Waals surface area contributed by atoms with Crippen molar-refractivity contribution in [3.8, 4) is 23.2 Å². The normalized spacial score (nSPS) is 11.5. The summed E-state index contributed by atoms with van der Waals surface area (Å²) in [4.78, 5) is 2.17. The van der Waals surface area contributed by atoms with Gasteiger partial charge in [-0.3, -0.25) is 4.90 Å². The van der Waals surface area contributed by atoms with E-state index in [0.717, 1.165) is 18.7 Å². The van der Waals surface area contributed by atoms with Gasteiger partial charge in [0.2, 0.25) is 11.7 Å². The highest BCUT2D eigenvalue weighted by molar-refractivity contribution is 5.49. The summed E-state index contributed by atoms with van der Waals surface area (Å²) < 4.78 is 21.7. The van der Waals surface area contributed by atoms with E-state index in [-0.39, 0.29) is 0 Å². The third-order valence-electron chi connectivity index (χ3n) is 3.81. The molecular formula is C18H18N4O4. The van der Waals surface area contributed by atoms with E-state index >= 15 is 0 Å². The van der Waals surface area contributed by atoms with Gasteiger partial charge in [-0.05, 0) is 37.2 Å². The first-order valence-electron chi connectivity index (χ1n) is 8.40. The Labute approximate surface area is 149 Å². The lowest BCUT2D eigenvalue weighted by atomic mass is 10.3. The predicted molar refractivity (Wildman–Crippen MR) is 90.6 cm³/mol. The lowest BCUT2D eigenvalue weighted by Gasteiger charge is -2.17. The van der Waals surface area contributed by atoms with Crippen molar-refractivity contribution in [1.82, 2.24) is 20.3 Å². The number of rotatable bonds is 8. The highest BCUT2D eigenvalue weighted by atomic mass is 16.5. The Balaban J connectivity index is 1.44. The van der Waals surface area contributed by atoms with Crippen LogP contribution in [0.3, 0.4) is 0 Å². The second-order valence-corrected chi connectivity index (χ2v) is 5.85. The Morgan fingerprint density at radius 3 is 2.50 bits per heavy atom. The SMILES string of the molecule is CCCN(Cc1cc(-c2ccco2)on1)Cc1nnc(-c2ccco2)o1. The number of furan rings is 2. The Morgan fingerprint density at radius 1 is 0.962 bits per heavy atom. The molecule has 0 N–H and O–H groups in total. The van der Waals surface area contributed by atoms with E-state index in [1.165, 1.54) is 0 Å². The van der Waals surface area contributed by atoms with Crippen LogP contribution in [0.1, 0.15) is 24.9 Å². The predicted octanol–water partition coefficient (Wildman–Crippen LogP) is 3.99. The molecule has 0 fully saturated rings. The number of nitrogens with zero attached hydrogens (tertiary/aromatic N) is 4. The fourth-order valence-electron chi connectivity index (χ4n) is 2.69. The summed E-state index contributed by atoms with van der Waals surface area (Å²) in [5, 5.41) is 12.3. The van der Waals surface area contributed by atoms with Gasteiger partial charge < -0.3 is 17.8 Å². The van der Waals surface area contributed by atoms with Crippen LogP contribution in [0.2, 0.25) is 0 Å². The molecule has 0 radical (unpaired) electrons. The fraction of sp³-hybridized carbons (Fsp3) is 0.278. The standard InChI is InChI=1S/C18H18N4O4/c1-2-7-22(11-13-10-16(26-21-13)14-5-3-8-23-14)12-17-19-20-18(25-17)15-6-4-9-24-15/h3-6,8-10H,2,7,11-12H2,1H3. The van der Waals surface area contributed by atoms with Crippen LogP contribution in [0.4, 0.5) is 0 Å². The zero-order valence-electron chi connectivity index (χ0n) is 14.3. The molecule has 0 spiro atoms. The summed E-state index contributed by atoms with van der Waals surface area (Å²) in [7, 11) is 0. The lowest BCUT2D eigenvalue weighted by Crippen LogP contribution is -2.24. The van der Waals surface area contributed by atoms with Gasteiger partial charge in [-0.1, -0.05) is 12.1 Å². The van der Waals surface area contributed by atoms with Crippen LogP contribution in [0.25, 0.3) is 23.2 Å². The minimum Gasteiger partial charge on any atom is -0.461 e. The molecule has 4 heterocycles. The highest BCUT2D eigenvalue weighted by Gasteiger charge is 2.16. The average molecular weight is 354 g/mol. The van der Waals surface area contributed by atoms with E-state index < -0.39 is 0 Å². The second kappa shape index (κ2) is 7.40. The maximum atomic E-state index is 5.69. The van der Waals surface area contributed by atoms with Crippen LogP contribution in [0.15, 0.2) is 60.6 Å². The van der Waals surface area contributed by atoms with Crippen molar-refractivity contribution in [1.29, 1.82) is 0 Å². The van der Waals surface area contributed by atoms with Gasteiger partial charge in [-0.2, -0.15) is 0 Å². The number of hydrogen-bond donors (Lipinski definition) is 0. The summed E-state index contributed by atoms with van der Waals surface area (Å²) in [5.74, 6) is 2.73. The first-order valence-corrected chi connectivity index (χ1v) is 8.40. The van der Waals surface area contributed by atoms with E-state index in [1.54, 1.807) is 24.7 Å². The van der Waals surface area contributed by atoms with E-state index in [1.807, 2.05) is 18.2 Å². The minimum absolute atomic E-state index is 0.378.